The number of carbonyl (C=O) groups excluding carboxylic acids is 2. The number of rotatable bonds is 4. The molecule has 2 rings (SSSR count). The molecule has 0 aromatic heterocycles. The highest BCUT2D eigenvalue weighted by Gasteiger charge is 2.42. The lowest BCUT2D eigenvalue weighted by molar-refractivity contribution is -0.155. The van der Waals surface area contributed by atoms with Crippen LogP contribution in [0.25, 0.3) is 0 Å². The molecule has 0 aliphatic carbocycles. The summed E-state index contributed by atoms with van der Waals surface area (Å²) in [6.45, 7) is 2.55. The Balaban J connectivity index is 2.41. The molecular formula is C14H15NO5. The van der Waals surface area contributed by atoms with Crippen molar-refractivity contribution in [3.8, 4) is 0 Å². The fraction of sp³-hybridized carbons (Fsp3) is 0.357. The predicted molar refractivity (Wildman–Crippen MR) is 70.8 cm³/mol. The number of fused-ring (bicyclic) bond motifs is 1. The van der Waals surface area contributed by atoms with E-state index in [1.165, 1.54) is 0 Å². The van der Waals surface area contributed by atoms with E-state index in [1.807, 2.05) is 6.92 Å². The van der Waals surface area contributed by atoms with E-state index in [9.17, 15) is 19.5 Å². The zero-order valence-corrected chi connectivity index (χ0v) is 11.2. The first kappa shape index (κ1) is 14.2. The summed E-state index contributed by atoms with van der Waals surface area (Å²) in [4.78, 5) is 35.8. The summed E-state index contributed by atoms with van der Waals surface area (Å²) in [5, 5.41) is 18.7. The molecule has 6 heteroatoms. The number of aliphatic carboxylic acids is 1. The summed E-state index contributed by atoms with van der Waals surface area (Å²) in [6.07, 6.45) is 0.724. The number of Topliss-reactive ketones (excluding diaryl/α,β-unsaturated/α-hetero) is 1. The van der Waals surface area contributed by atoms with Gasteiger partial charge in [0.2, 0.25) is 0 Å². The Morgan fingerprint density at radius 2 is 2.00 bits per heavy atom. The van der Waals surface area contributed by atoms with Crippen molar-refractivity contribution in [2.75, 3.05) is 11.4 Å². The second kappa shape index (κ2) is 4.72. The molecule has 1 aliphatic rings. The smallest absolute Gasteiger partial charge is 0.337 e. The highest BCUT2D eigenvalue weighted by atomic mass is 16.4. The molecule has 0 bridgehead atoms. The summed E-state index contributed by atoms with van der Waals surface area (Å²) in [7, 11) is 0. The fourth-order valence-electron chi connectivity index (χ4n) is 2.10. The number of hydrogen-bond acceptors (Lipinski definition) is 4. The van der Waals surface area contributed by atoms with Crippen LogP contribution < -0.4 is 4.90 Å². The molecule has 1 unspecified atom stereocenters. The Kier molecular flexibility index (Phi) is 3.35. The van der Waals surface area contributed by atoms with Crippen molar-refractivity contribution < 1.29 is 24.6 Å². The highest BCUT2D eigenvalue weighted by molar-refractivity contribution is 6.52. The Bertz CT molecular complexity index is 606. The topological polar surface area (TPSA) is 94.9 Å². The molecule has 0 saturated heterocycles. The minimum absolute atomic E-state index is 0.260. The number of ketones is 1. The van der Waals surface area contributed by atoms with Crippen LogP contribution in [0.15, 0.2) is 18.2 Å². The number of aryl methyl sites for hydroxylation is 1. The molecule has 1 aromatic carbocycles. The number of carboxylic acids is 1. The van der Waals surface area contributed by atoms with E-state index in [1.54, 1.807) is 18.2 Å². The molecule has 0 spiro atoms. The molecule has 1 amide bonds. The number of nitrogens with zero attached hydrogens (tertiary/aromatic N) is 1. The number of hydrogen-bond donors (Lipinski definition) is 2. The Hall–Kier alpha value is -2.21. The number of amides is 1. The van der Waals surface area contributed by atoms with Gasteiger partial charge in [-0.1, -0.05) is 13.0 Å². The standard InChI is InChI=1S/C14H15NO5/c1-3-8-4-5-10-9(6-8)11(16)12(17)15(10)7-14(2,20)13(18)19/h4-6,20H,3,7H2,1-2H3,(H,18,19). The van der Waals surface area contributed by atoms with Gasteiger partial charge in [-0.15, -0.1) is 0 Å². The molecule has 20 heavy (non-hydrogen) atoms. The lowest BCUT2D eigenvalue weighted by atomic mass is 10.1. The number of β-amino-alcohol motifs (C(OH)–C–C–N with tert-alkyl or cyclic N) is 1. The minimum Gasteiger partial charge on any atom is -0.479 e. The van der Waals surface area contributed by atoms with Gasteiger partial charge in [0, 0.05) is 0 Å². The van der Waals surface area contributed by atoms with E-state index in [-0.39, 0.29) is 5.56 Å². The molecule has 0 saturated carbocycles. The third kappa shape index (κ3) is 2.18. The van der Waals surface area contributed by atoms with Gasteiger partial charge in [0.15, 0.2) is 5.60 Å². The van der Waals surface area contributed by atoms with Gasteiger partial charge in [0.05, 0.1) is 17.8 Å². The first-order valence-corrected chi connectivity index (χ1v) is 6.23. The van der Waals surface area contributed by atoms with Crippen LogP contribution in [-0.4, -0.2) is 40.0 Å². The third-order valence-corrected chi connectivity index (χ3v) is 3.37. The average molecular weight is 277 g/mol. The quantitative estimate of drug-likeness (QED) is 0.786. The second-order valence-electron chi connectivity index (χ2n) is 5.00. The number of carboxylic acid groups (broad SMARTS) is 1. The largest absolute Gasteiger partial charge is 0.479 e. The van der Waals surface area contributed by atoms with Crippen molar-refractivity contribution in [3.63, 3.8) is 0 Å². The summed E-state index contributed by atoms with van der Waals surface area (Å²) in [5.74, 6) is -2.93. The van der Waals surface area contributed by atoms with Gasteiger partial charge in [-0.2, -0.15) is 0 Å². The van der Waals surface area contributed by atoms with E-state index in [0.717, 1.165) is 23.8 Å². The molecule has 1 aliphatic heterocycles. The van der Waals surface area contributed by atoms with Crippen molar-refractivity contribution >= 4 is 23.3 Å². The lowest BCUT2D eigenvalue weighted by Crippen LogP contribution is -2.48. The predicted octanol–water partition coefficient (Wildman–Crippen LogP) is 0.614. The van der Waals surface area contributed by atoms with Gasteiger partial charge in [0.25, 0.3) is 11.7 Å². The summed E-state index contributed by atoms with van der Waals surface area (Å²) in [5.41, 5.74) is -0.591. The monoisotopic (exact) mass is 277 g/mol. The third-order valence-electron chi connectivity index (χ3n) is 3.37. The van der Waals surface area contributed by atoms with Crippen molar-refractivity contribution in [1.82, 2.24) is 0 Å². The molecule has 1 aromatic rings. The maximum atomic E-state index is 11.9. The van der Waals surface area contributed by atoms with E-state index >= 15 is 0 Å². The van der Waals surface area contributed by atoms with Crippen LogP contribution in [0.3, 0.4) is 0 Å². The molecular weight excluding hydrogens is 262 g/mol. The summed E-state index contributed by atoms with van der Waals surface area (Å²) >= 11 is 0. The first-order valence-electron chi connectivity index (χ1n) is 6.23. The van der Waals surface area contributed by atoms with Crippen molar-refractivity contribution in [2.24, 2.45) is 0 Å². The molecule has 6 nitrogen and oxygen atoms in total. The van der Waals surface area contributed by atoms with Gasteiger partial charge in [0.1, 0.15) is 0 Å². The van der Waals surface area contributed by atoms with Gasteiger partial charge in [-0.05, 0) is 31.0 Å². The fourth-order valence-corrected chi connectivity index (χ4v) is 2.10. The summed E-state index contributed by atoms with van der Waals surface area (Å²) in [6, 6.07) is 5.01. The van der Waals surface area contributed by atoms with Gasteiger partial charge in [-0.25, -0.2) is 4.79 Å². The minimum atomic E-state index is -2.11. The summed E-state index contributed by atoms with van der Waals surface area (Å²) < 4.78 is 0. The van der Waals surface area contributed by atoms with E-state index < -0.39 is 29.8 Å². The van der Waals surface area contributed by atoms with Crippen LogP contribution >= 0.6 is 0 Å². The van der Waals surface area contributed by atoms with Gasteiger partial charge >= 0.3 is 5.97 Å². The first-order chi connectivity index (χ1) is 9.27. The maximum absolute atomic E-state index is 11.9. The molecule has 0 radical (unpaired) electrons. The Labute approximate surface area is 115 Å². The van der Waals surface area contributed by atoms with Gasteiger partial charge < -0.3 is 15.1 Å². The molecule has 106 valence electrons. The zero-order valence-electron chi connectivity index (χ0n) is 11.2. The van der Waals surface area contributed by atoms with Crippen LogP contribution in [0.1, 0.15) is 29.8 Å². The lowest BCUT2D eigenvalue weighted by Gasteiger charge is -2.25. The highest BCUT2D eigenvalue weighted by Crippen LogP contribution is 2.31. The van der Waals surface area contributed by atoms with Crippen LogP contribution in [0.2, 0.25) is 0 Å². The average Bonchev–Trinajstić information content (AvgIpc) is 2.63. The normalized spacial score (nSPS) is 17.1. The molecule has 0 fully saturated rings. The van der Waals surface area contributed by atoms with Gasteiger partial charge in [-0.3, -0.25) is 9.59 Å². The number of aliphatic hydroxyl groups is 1. The molecule has 1 atom stereocenters. The van der Waals surface area contributed by atoms with Crippen LogP contribution in [-0.2, 0) is 16.0 Å². The zero-order chi connectivity index (χ0) is 15.1. The van der Waals surface area contributed by atoms with E-state index in [4.69, 9.17) is 5.11 Å². The number of carbonyl (C=O) groups is 3. The second-order valence-corrected chi connectivity index (χ2v) is 5.00. The molecule has 1 heterocycles. The van der Waals surface area contributed by atoms with Crippen molar-refractivity contribution in [1.29, 1.82) is 0 Å². The van der Waals surface area contributed by atoms with Crippen molar-refractivity contribution in [2.45, 2.75) is 25.9 Å². The van der Waals surface area contributed by atoms with E-state index in [2.05, 4.69) is 0 Å². The molecule has 2 N–H and O–H groups in total. The van der Waals surface area contributed by atoms with Crippen LogP contribution in [0.5, 0.6) is 0 Å². The van der Waals surface area contributed by atoms with Crippen LogP contribution in [0, 0.1) is 0 Å². The Morgan fingerprint density at radius 3 is 2.55 bits per heavy atom. The SMILES string of the molecule is CCc1ccc2c(c1)C(=O)C(=O)N2CC(C)(O)C(=O)O. The van der Waals surface area contributed by atoms with Crippen LogP contribution in [0.4, 0.5) is 5.69 Å². The number of anilines is 1. The van der Waals surface area contributed by atoms with E-state index in [0.29, 0.717) is 5.69 Å². The van der Waals surface area contributed by atoms with Crippen molar-refractivity contribution in [3.05, 3.63) is 29.3 Å². The Morgan fingerprint density at radius 1 is 1.35 bits per heavy atom. The number of benzene rings is 1. The maximum Gasteiger partial charge on any atom is 0.337 e.